The van der Waals surface area contributed by atoms with Crippen molar-refractivity contribution in [3.8, 4) is 0 Å². The summed E-state index contributed by atoms with van der Waals surface area (Å²) < 4.78 is 5.33. The summed E-state index contributed by atoms with van der Waals surface area (Å²) in [5, 5.41) is 3.75. The maximum atomic E-state index is 12.9. The Kier molecular flexibility index (Phi) is 5.24. The number of hydrogen-bond donors (Lipinski definition) is 1. The minimum Gasteiger partial charge on any atom is -0.422 e. The first-order chi connectivity index (χ1) is 15.1. The van der Waals surface area contributed by atoms with E-state index in [0.29, 0.717) is 12.1 Å². The predicted molar refractivity (Wildman–Crippen MR) is 122 cm³/mol. The van der Waals surface area contributed by atoms with Crippen LogP contribution in [0.1, 0.15) is 40.4 Å². The standard InChI is InChI=1S/C25H27N3O3/c1-27-13-10-18-14-17(8-9-21(18)27)22(28-11-4-5-12-28)16-26-24(29)20-15-19-6-2-3-7-23(19)31-25(20)30/h2-3,6-9,14-15,22H,4-5,10-13,16H2,1H3,(H,26,29)/t22-/m1/s1. The van der Waals surface area contributed by atoms with Crippen LogP contribution in [0.4, 0.5) is 5.69 Å². The largest absolute Gasteiger partial charge is 0.422 e. The van der Waals surface area contributed by atoms with Crippen LogP contribution in [-0.2, 0) is 6.42 Å². The van der Waals surface area contributed by atoms with Crippen LogP contribution in [0.2, 0.25) is 0 Å². The van der Waals surface area contributed by atoms with Crippen molar-refractivity contribution in [3.63, 3.8) is 0 Å². The molecule has 0 aliphatic carbocycles. The lowest BCUT2D eigenvalue weighted by atomic mass is 10.0. The topological polar surface area (TPSA) is 65.8 Å². The molecular formula is C25H27N3O3. The van der Waals surface area contributed by atoms with Crippen LogP contribution in [0, 0.1) is 0 Å². The minimum atomic E-state index is -0.602. The summed E-state index contributed by atoms with van der Waals surface area (Å²) in [4.78, 5) is 30.0. The van der Waals surface area contributed by atoms with Crippen LogP contribution in [0.5, 0.6) is 0 Å². The number of carbonyl (C=O) groups excluding carboxylic acids is 1. The van der Waals surface area contributed by atoms with Gasteiger partial charge in [0.2, 0.25) is 0 Å². The Morgan fingerprint density at radius 1 is 1.10 bits per heavy atom. The Bertz CT molecular complexity index is 1180. The summed E-state index contributed by atoms with van der Waals surface area (Å²) >= 11 is 0. The number of para-hydroxylation sites is 1. The molecule has 1 aromatic heterocycles. The van der Waals surface area contributed by atoms with Crippen molar-refractivity contribution < 1.29 is 9.21 Å². The molecule has 0 unspecified atom stereocenters. The molecule has 6 heteroatoms. The Morgan fingerprint density at radius 3 is 2.74 bits per heavy atom. The van der Waals surface area contributed by atoms with E-state index >= 15 is 0 Å². The number of fused-ring (bicyclic) bond motifs is 2. The van der Waals surface area contributed by atoms with Crippen molar-refractivity contribution in [2.75, 3.05) is 38.1 Å². The Morgan fingerprint density at radius 2 is 1.90 bits per heavy atom. The van der Waals surface area contributed by atoms with E-state index in [1.165, 1.54) is 29.7 Å². The minimum absolute atomic E-state index is 0.0504. The zero-order valence-corrected chi connectivity index (χ0v) is 17.8. The molecular weight excluding hydrogens is 390 g/mol. The number of hydrogen-bond acceptors (Lipinski definition) is 5. The van der Waals surface area contributed by atoms with Crippen molar-refractivity contribution in [2.24, 2.45) is 0 Å². The van der Waals surface area contributed by atoms with Crippen LogP contribution in [0.3, 0.4) is 0 Å². The number of rotatable bonds is 5. The summed E-state index contributed by atoms with van der Waals surface area (Å²) in [5.41, 5.74) is 3.82. The van der Waals surface area contributed by atoms with Gasteiger partial charge in [-0.2, -0.15) is 0 Å². The molecule has 2 aromatic carbocycles. The number of benzene rings is 2. The van der Waals surface area contributed by atoms with Gasteiger partial charge in [0.25, 0.3) is 5.91 Å². The Labute approximate surface area is 181 Å². The summed E-state index contributed by atoms with van der Waals surface area (Å²) in [6.45, 7) is 3.55. The number of likely N-dealkylation sites (tertiary alicyclic amines) is 1. The van der Waals surface area contributed by atoms with E-state index in [1.54, 1.807) is 18.2 Å². The lowest BCUT2D eigenvalue weighted by molar-refractivity contribution is 0.0934. The predicted octanol–water partition coefficient (Wildman–Crippen LogP) is 3.35. The zero-order chi connectivity index (χ0) is 21.4. The monoisotopic (exact) mass is 417 g/mol. The Hall–Kier alpha value is -3.12. The molecule has 31 heavy (non-hydrogen) atoms. The number of nitrogens with one attached hydrogen (secondary N) is 1. The molecule has 1 amide bonds. The van der Waals surface area contributed by atoms with E-state index in [2.05, 4.69) is 40.4 Å². The molecule has 0 saturated carbocycles. The second kappa shape index (κ2) is 8.19. The Balaban J connectivity index is 1.39. The molecule has 2 aliphatic rings. The number of likely N-dealkylation sites (N-methyl/N-ethyl adjacent to an activating group) is 1. The summed E-state index contributed by atoms with van der Waals surface area (Å²) in [7, 11) is 2.12. The van der Waals surface area contributed by atoms with Gasteiger partial charge in [-0.1, -0.05) is 30.3 Å². The summed E-state index contributed by atoms with van der Waals surface area (Å²) in [6, 6.07) is 15.6. The van der Waals surface area contributed by atoms with Gasteiger partial charge in [-0.25, -0.2) is 4.79 Å². The normalized spacial score (nSPS) is 17.1. The van der Waals surface area contributed by atoms with Gasteiger partial charge >= 0.3 is 5.63 Å². The third-order valence-corrected chi connectivity index (χ3v) is 6.54. The highest BCUT2D eigenvalue weighted by molar-refractivity contribution is 5.96. The SMILES string of the molecule is CN1CCc2cc([C@@H](CNC(=O)c3cc4ccccc4oc3=O)N3CCCC3)ccc21. The fraction of sp³-hybridized carbons (Fsp3) is 0.360. The molecule has 6 nitrogen and oxygen atoms in total. The maximum absolute atomic E-state index is 12.9. The molecule has 1 saturated heterocycles. The molecule has 1 fully saturated rings. The van der Waals surface area contributed by atoms with E-state index in [0.717, 1.165) is 31.4 Å². The van der Waals surface area contributed by atoms with Crippen molar-refractivity contribution in [1.29, 1.82) is 0 Å². The van der Waals surface area contributed by atoms with Crippen LogP contribution >= 0.6 is 0 Å². The smallest absolute Gasteiger partial charge is 0.349 e. The summed E-state index contributed by atoms with van der Waals surface area (Å²) in [5.74, 6) is -0.385. The van der Waals surface area contributed by atoms with Gasteiger partial charge in [-0.15, -0.1) is 0 Å². The average molecular weight is 418 g/mol. The molecule has 2 aliphatic heterocycles. The first-order valence-electron chi connectivity index (χ1n) is 11.0. The highest BCUT2D eigenvalue weighted by Gasteiger charge is 2.26. The average Bonchev–Trinajstić information content (AvgIpc) is 3.44. The number of carbonyl (C=O) groups is 1. The van der Waals surface area contributed by atoms with Gasteiger partial charge < -0.3 is 14.6 Å². The number of amides is 1. The fourth-order valence-corrected chi connectivity index (χ4v) is 4.81. The molecule has 0 spiro atoms. The van der Waals surface area contributed by atoms with Crippen molar-refractivity contribution >= 4 is 22.6 Å². The first kappa shape index (κ1) is 19.8. The van der Waals surface area contributed by atoms with E-state index in [4.69, 9.17) is 4.42 Å². The van der Waals surface area contributed by atoms with E-state index in [1.807, 2.05) is 12.1 Å². The van der Waals surface area contributed by atoms with Crippen LogP contribution in [0.25, 0.3) is 11.0 Å². The van der Waals surface area contributed by atoms with Gasteiger partial charge in [-0.05, 0) is 61.7 Å². The molecule has 0 radical (unpaired) electrons. The van der Waals surface area contributed by atoms with Gasteiger partial charge in [0.05, 0.1) is 6.04 Å². The summed E-state index contributed by atoms with van der Waals surface area (Å²) in [6.07, 6.45) is 3.40. The highest BCUT2D eigenvalue weighted by Crippen LogP contribution is 2.32. The van der Waals surface area contributed by atoms with Gasteiger partial charge in [0.15, 0.2) is 0 Å². The number of anilines is 1. The number of nitrogens with zero attached hydrogens (tertiary/aromatic N) is 2. The van der Waals surface area contributed by atoms with Crippen molar-refractivity contribution in [1.82, 2.24) is 10.2 Å². The molecule has 5 rings (SSSR count). The molecule has 1 N–H and O–H groups in total. The second-order valence-corrected chi connectivity index (χ2v) is 8.51. The van der Waals surface area contributed by atoms with Crippen LogP contribution < -0.4 is 15.8 Å². The third kappa shape index (κ3) is 3.83. The van der Waals surface area contributed by atoms with Crippen LogP contribution in [0.15, 0.2) is 57.7 Å². The van der Waals surface area contributed by atoms with Gasteiger partial charge in [-0.3, -0.25) is 9.69 Å². The third-order valence-electron chi connectivity index (χ3n) is 6.54. The van der Waals surface area contributed by atoms with Gasteiger partial charge in [0, 0.05) is 31.2 Å². The van der Waals surface area contributed by atoms with Crippen molar-refractivity contribution in [3.05, 3.63) is 75.6 Å². The molecule has 3 aromatic rings. The first-order valence-corrected chi connectivity index (χ1v) is 11.0. The lowest BCUT2D eigenvalue weighted by Gasteiger charge is -2.28. The van der Waals surface area contributed by atoms with E-state index in [-0.39, 0.29) is 17.5 Å². The van der Waals surface area contributed by atoms with Crippen molar-refractivity contribution in [2.45, 2.75) is 25.3 Å². The molecule has 1 atom stereocenters. The van der Waals surface area contributed by atoms with E-state index in [9.17, 15) is 9.59 Å². The maximum Gasteiger partial charge on any atom is 0.349 e. The molecule has 160 valence electrons. The quantitative estimate of drug-likeness (QED) is 0.645. The second-order valence-electron chi connectivity index (χ2n) is 8.51. The van der Waals surface area contributed by atoms with Gasteiger partial charge in [0.1, 0.15) is 11.1 Å². The molecule has 0 bridgehead atoms. The fourth-order valence-electron chi connectivity index (χ4n) is 4.81. The molecule has 3 heterocycles. The lowest BCUT2D eigenvalue weighted by Crippen LogP contribution is -2.38. The highest BCUT2D eigenvalue weighted by atomic mass is 16.4. The van der Waals surface area contributed by atoms with E-state index < -0.39 is 5.63 Å². The van der Waals surface area contributed by atoms with Crippen LogP contribution in [-0.4, -0.2) is 44.0 Å². The zero-order valence-electron chi connectivity index (χ0n) is 17.8.